The van der Waals surface area contributed by atoms with Crippen molar-refractivity contribution in [3.63, 3.8) is 0 Å². The van der Waals surface area contributed by atoms with E-state index in [2.05, 4.69) is 0 Å². The number of benzene rings is 6. The third kappa shape index (κ3) is 12.4. The predicted molar refractivity (Wildman–Crippen MR) is 254 cm³/mol. The Labute approximate surface area is 377 Å². The third-order valence-corrected chi connectivity index (χ3v) is 13.2. The molecule has 0 heterocycles. The van der Waals surface area contributed by atoms with Crippen molar-refractivity contribution in [2.75, 3.05) is 67.1 Å². The quantitative estimate of drug-likeness (QED) is 0.112. The summed E-state index contributed by atoms with van der Waals surface area (Å²) in [7, 11) is 6.08. The van der Waals surface area contributed by atoms with E-state index >= 15 is 0 Å². The van der Waals surface area contributed by atoms with Crippen molar-refractivity contribution < 1.29 is 35.9 Å². The first kappa shape index (κ1) is 49.3. The van der Waals surface area contributed by atoms with Gasteiger partial charge < -0.3 is 29.9 Å². The minimum absolute atomic E-state index is 0. The van der Waals surface area contributed by atoms with Crippen LogP contribution in [0.4, 0.5) is 11.4 Å². The number of rotatable bonds is 13. The first-order valence-electron chi connectivity index (χ1n) is 19.4. The van der Waals surface area contributed by atoms with Crippen LogP contribution in [0.5, 0.6) is 11.5 Å². The van der Waals surface area contributed by atoms with Gasteiger partial charge in [-0.3, -0.25) is 9.59 Å². The van der Waals surface area contributed by atoms with Crippen LogP contribution < -0.4 is 20.1 Å². The van der Waals surface area contributed by atoms with Crippen LogP contribution in [0.25, 0.3) is 22.3 Å². The number of methoxy groups -OCH3 is 2. The average molecular weight is 914 g/mol. The summed E-state index contributed by atoms with van der Waals surface area (Å²) in [6.45, 7) is 0. The number of carbonyl (C=O) groups excluding carboxylic acids is 2. The number of anilines is 2. The molecule has 0 saturated heterocycles. The topological polar surface area (TPSA) is 157 Å². The van der Waals surface area contributed by atoms with Gasteiger partial charge in [0, 0.05) is 64.8 Å². The fraction of sp³-hybridized carbons (Fsp3) is 0.208. The highest BCUT2D eigenvalue weighted by Crippen LogP contribution is 2.34. The highest BCUT2D eigenvalue weighted by atomic mass is 35.5. The molecule has 0 fully saturated rings. The zero-order valence-electron chi connectivity index (χ0n) is 36.5. The largest absolute Gasteiger partial charge is 0.495 e. The number of nitrogens with zero attached hydrogens (tertiary/aromatic N) is 3. The van der Waals surface area contributed by atoms with E-state index in [1.165, 1.54) is 24.0 Å². The second-order valence-corrected chi connectivity index (χ2v) is 19.0. The van der Waals surface area contributed by atoms with E-state index in [0.717, 1.165) is 16.8 Å². The molecular weight excluding hydrogens is 860 g/mol. The van der Waals surface area contributed by atoms with Gasteiger partial charge in [-0.15, -0.1) is 12.4 Å². The van der Waals surface area contributed by atoms with E-state index < -0.39 is 19.7 Å². The standard InChI is InChI=1S/C25H28N2O4S.C23H24N2O4S.ClH/c1-26(2)22-11-6-8-18(14-22)17-32(29,30)24-16-20(12-13-23(24)31-5)19-9-7-10-21(15-19)25(28)27(3)4;1-25(2)23(26)19-8-5-7-17(13-19)18-10-11-21(29-3)22(14-18)30(27,28)15-16-6-4-9-20(24)12-16;/h6-16H,17H2,1-5H3;4-14H,15,24H2,1-3H3;1H. The summed E-state index contributed by atoms with van der Waals surface area (Å²) < 4.78 is 63.7. The summed E-state index contributed by atoms with van der Waals surface area (Å²) in [4.78, 5) is 29.8. The average Bonchev–Trinajstić information content (AvgIpc) is 3.25. The highest BCUT2D eigenvalue weighted by Gasteiger charge is 2.24. The highest BCUT2D eigenvalue weighted by molar-refractivity contribution is 7.91. The summed E-state index contributed by atoms with van der Waals surface area (Å²) in [5.41, 5.74) is 12.4. The van der Waals surface area contributed by atoms with Gasteiger partial charge >= 0.3 is 0 Å². The Bertz CT molecular complexity index is 2810. The van der Waals surface area contributed by atoms with Crippen LogP contribution in [0.15, 0.2) is 143 Å². The maximum atomic E-state index is 13.4. The van der Waals surface area contributed by atoms with Crippen LogP contribution >= 0.6 is 12.4 Å². The molecule has 0 bridgehead atoms. The molecular formula is C48H53ClN4O8S2. The number of ether oxygens (including phenoxy) is 2. The lowest BCUT2D eigenvalue weighted by atomic mass is 10.0. The van der Waals surface area contributed by atoms with Crippen LogP contribution in [0, 0.1) is 0 Å². The Morgan fingerprint density at radius 1 is 0.508 bits per heavy atom. The summed E-state index contributed by atoms with van der Waals surface area (Å²) >= 11 is 0. The van der Waals surface area contributed by atoms with Gasteiger partial charge in [0.25, 0.3) is 11.8 Å². The van der Waals surface area contributed by atoms with Gasteiger partial charge in [-0.1, -0.05) is 60.7 Å². The van der Waals surface area contributed by atoms with Crippen LogP contribution in [0.2, 0.25) is 0 Å². The first-order valence-corrected chi connectivity index (χ1v) is 22.7. The maximum Gasteiger partial charge on any atom is 0.253 e. The van der Waals surface area contributed by atoms with E-state index in [1.54, 1.807) is 131 Å². The van der Waals surface area contributed by atoms with Crippen molar-refractivity contribution in [2.24, 2.45) is 0 Å². The third-order valence-electron chi connectivity index (χ3n) is 9.79. The second kappa shape index (κ2) is 21.1. The van der Waals surface area contributed by atoms with Crippen molar-refractivity contribution >= 4 is 55.3 Å². The summed E-state index contributed by atoms with van der Waals surface area (Å²) in [5, 5.41) is 0. The number of sulfone groups is 2. The molecule has 6 aromatic carbocycles. The van der Waals surface area contributed by atoms with Gasteiger partial charge in [0.05, 0.1) is 25.7 Å². The van der Waals surface area contributed by atoms with Crippen molar-refractivity contribution in [2.45, 2.75) is 21.3 Å². The number of hydrogen-bond acceptors (Lipinski definition) is 10. The number of amides is 2. The lowest BCUT2D eigenvalue weighted by Gasteiger charge is -2.15. The van der Waals surface area contributed by atoms with Gasteiger partial charge in [-0.05, 0) is 106 Å². The first-order chi connectivity index (χ1) is 29.3. The molecule has 0 aliphatic heterocycles. The molecule has 0 saturated carbocycles. The summed E-state index contributed by atoms with van der Waals surface area (Å²) in [6.07, 6.45) is 0. The fourth-order valence-corrected chi connectivity index (χ4v) is 9.66. The van der Waals surface area contributed by atoms with E-state index in [0.29, 0.717) is 39.1 Å². The Kier molecular flexibility index (Phi) is 16.6. The van der Waals surface area contributed by atoms with Crippen molar-refractivity contribution in [1.82, 2.24) is 9.80 Å². The molecule has 0 unspecified atom stereocenters. The van der Waals surface area contributed by atoms with Gasteiger partial charge in [-0.2, -0.15) is 0 Å². The summed E-state index contributed by atoms with van der Waals surface area (Å²) in [5.74, 6) is -0.0277. The Morgan fingerprint density at radius 2 is 0.905 bits per heavy atom. The fourth-order valence-electron chi connectivity index (χ4n) is 6.58. The molecule has 6 aromatic rings. The van der Waals surface area contributed by atoms with Crippen LogP contribution in [-0.2, 0) is 31.2 Å². The minimum Gasteiger partial charge on any atom is -0.495 e. The molecule has 63 heavy (non-hydrogen) atoms. The van der Waals surface area contributed by atoms with Crippen molar-refractivity contribution in [1.29, 1.82) is 0 Å². The number of hydrogen-bond donors (Lipinski definition) is 1. The molecule has 0 aromatic heterocycles. The Balaban J connectivity index is 0.000000273. The zero-order chi connectivity index (χ0) is 45.4. The van der Waals surface area contributed by atoms with E-state index in [9.17, 15) is 26.4 Å². The molecule has 12 nitrogen and oxygen atoms in total. The Morgan fingerprint density at radius 3 is 1.30 bits per heavy atom. The van der Waals surface area contributed by atoms with E-state index in [-0.39, 0.29) is 57.0 Å². The molecule has 6 rings (SSSR count). The number of carbonyl (C=O) groups is 2. The summed E-state index contributed by atoms with van der Waals surface area (Å²) in [6, 6.07) is 38.5. The lowest BCUT2D eigenvalue weighted by Crippen LogP contribution is -2.21. The zero-order valence-corrected chi connectivity index (χ0v) is 39.0. The molecule has 2 N–H and O–H groups in total. The molecule has 0 atom stereocenters. The molecule has 2 amide bonds. The maximum absolute atomic E-state index is 13.4. The van der Waals surface area contributed by atoms with E-state index in [4.69, 9.17) is 15.2 Å². The monoisotopic (exact) mass is 912 g/mol. The molecule has 0 aliphatic carbocycles. The molecule has 0 radical (unpaired) electrons. The van der Waals surface area contributed by atoms with Crippen LogP contribution in [-0.4, -0.2) is 95.0 Å². The van der Waals surface area contributed by atoms with Gasteiger partial charge in [0.15, 0.2) is 19.7 Å². The smallest absolute Gasteiger partial charge is 0.253 e. The van der Waals surface area contributed by atoms with Crippen LogP contribution in [0.1, 0.15) is 31.8 Å². The number of nitrogens with two attached hydrogens (primary N) is 1. The lowest BCUT2D eigenvalue weighted by molar-refractivity contribution is 0.0820. The number of halogens is 1. The molecule has 0 spiro atoms. The van der Waals surface area contributed by atoms with Gasteiger partial charge in [0.1, 0.15) is 21.3 Å². The van der Waals surface area contributed by atoms with Crippen molar-refractivity contribution in [3.05, 3.63) is 156 Å². The molecule has 332 valence electrons. The van der Waals surface area contributed by atoms with Gasteiger partial charge in [-0.25, -0.2) is 16.8 Å². The minimum atomic E-state index is -3.70. The van der Waals surface area contributed by atoms with Crippen LogP contribution in [0.3, 0.4) is 0 Å². The predicted octanol–water partition coefficient (Wildman–Crippen LogP) is 8.15. The number of nitrogen functional groups attached to an aromatic ring is 1. The molecule has 0 aliphatic rings. The van der Waals surface area contributed by atoms with Gasteiger partial charge in [0.2, 0.25) is 0 Å². The second-order valence-electron chi connectivity index (χ2n) is 15.1. The Hall–Kier alpha value is -6.35. The normalized spacial score (nSPS) is 11.0. The SMILES string of the molecule is COc1ccc(-c2cccc(C(=O)N(C)C)c2)cc1S(=O)(=O)Cc1cccc(N(C)C)c1.COc1ccc(-c2cccc(C(=O)N(C)C)c2)cc1S(=O)(=O)Cc1cccc(N)c1.Cl. The van der Waals surface area contributed by atoms with Crippen molar-refractivity contribution in [3.8, 4) is 33.8 Å². The molecule has 15 heteroatoms. The van der Waals surface area contributed by atoms with E-state index in [1.807, 2.05) is 49.3 Å².